The van der Waals surface area contributed by atoms with Crippen molar-refractivity contribution in [3.05, 3.63) is 53.6 Å². The van der Waals surface area contributed by atoms with Crippen LogP contribution in [0.25, 0.3) is 0 Å². The number of rotatable bonds is 8. The number of amides is 1. The lowest BCUT2D eigenvalue weighted by Gasteiger charge is -2.25. The number of methoxy groups -OCH3 is 3. The third-order valence-electron chi connectivity index (χ3n) is 4.15. The standard InChI is InChI=1S/C21H27NO4/c1-14(2)11-17(22-21(23)15-9-7-6-8-10-15)20-18(25-4)12-16(24-3)13-19(20)26-5/h6-10,12-14,17H,11H2,1-5H3,(H,22,23). The minimum Gasteiger partial charge on any atom is -0.496 e. The van der Waals surface area contributed by atoms with Crippen LogP contribution in [0.3, 0.4) is 0 Å². The predicted octanol–water partition coefficient (Wildman–Crippen LogP) is 4.23. The second-order valence-electron chi connectivity index (χ2n) is 6.47. The van der Waals surface area contributed by atoms with E-state index in [1.54, 1.807) is 45.6 Å². The van der Waals surface area contributed by atoms with E-state index in [1.807, 2.05) is 18.2 Å². The van der Waals surface area contributed by atoms with Crippen molar-refractivity contribution in [2.45, 2.75) is 26.3 Å². The summed E-state index contributed by atoms with van der Waals surface area (Å²) in [6.07, 6.45) is 0.748. The third kappa shape index (κ3) is 4.69. The highest BCUT2D eigenvalue weighted by Crippen LogP contribution is 2.40. The minimum absolute atomic E-state index is 0.129. The first-order chi connectivity index (χ1) is 12.5. The molecule has 2 aromatic carbocycles. The number of nitrogens with one attached hydrogen (secondary N) is 1. The SMILES string of the molecule is COc1cc(OC)c(C(CC(C)C)NC(=O)c2ccccc2)c(OC)c1. The van der Waals surface area contributed by atoms with Crippen molar-refractivity contribution in [2.24, 2.45) is 5.92 Å². The Morgan fingerprint density at radius 3 is 2.00 bits per heavy atom. The van der Waals surface area contributed by atoms with Crippen LogP contribution in [0, 0.1) is 5.92 Å². The van der Waals surface area contributed by atoms with Gasteiger partial charge in [-0.05, 0) is 24.5 Å². The molecule has 0 aliphatic carbocycles. The first-order valence-corrected chi connectivity index (χ1v) is 8.66. The number of hydrogen-bond acceptors (Lipinski definition) is 4. The van der Waals surface area contributed by atoms with Crippen molar-refractivity contribution < 1.29 is 19.0 Å². The van der Waals surface area contributed by atoms with Gasteiger partial charge in [0.05, 0.1) is 32.9 Å². The first-order valence-electron chi connectivity index (χ1n) is 8.66. The Kier molecular flexibility index (Phi) is 6.89. The van der Waals surface area contributed by atoms with Gasteiger partial charge in [0.15, 0.2) is 0 Å². The van der Waals surface area contributed by atoms with Gasteiger partial charge < -0.3 is 19.5 Å². The molecular weight excluding hydrogens is 330 g/mol. The van der Waals surface area contributed by atoms with E-state index in [1.165, 1.54) is 0 Å². The highest BCUT2D eigenvalue weighted by atomic mass is 16.5. The average Bonchev–Trinajstić information content (AvgIpc) is 2.66. The monoisotopic (exact) mass is 357 g/mol. The molecular formula is C21H27NO4. The summed E-state index contributed by atoms with van der Waals surface area (Å²) < 4.78 is 16.5. The Morgan fingerprint density at radius 1 is 0.962 bits per heavy atom. The van der Waals surface area contributed by atoms with Crippen LogP contribution in [0.4, 0.5) is 0 Å². The summed E-state index contributed by atoms with van der Waals surface area (Å²) in [6, 6.07) is 12.5. The van der Waals surface area contributed by atoms with E-state index in [0.717, 1.165) is 12.0 Å². The number of carbonyl (C=O) groups is 1. The normalized spacial score (nSPS) is 11.8. The van der Waals surface area contributed by atoms with Crippen LogP contribution in [0.2, 0.25) is 0 Å². The average molecular weight is 357 g/mol. The number of ether oxygens (including phenoxy) is 3. The molecule has 1 unspecified atom stereocenters. The number of benzene rings is 2. The predicted molar refractivity (Wildman–Crippen MR) is 102 cm³/mol. The second-order valence-corrected chi connectivity index (χ2v) is 6.47. The van der Waals surface area contributed by atoms with Crippen LogP contribution in [-0.4, -0.2) is 27.2 Å². The van der Waals surface area contributed by atoms with Gasteiger partial charge in [0, 0.05) is 17.7 Å². The van der Waals surface area contributed by atoms with Crippen LogP contribution >= 0.6 is 0 Å². The summed E-state index contributed by atoms with van der Waals surface area (Å²) in [6.45, 7) is 4.23. The molecule has 0 bridgehead atoms. The molecule has 0 spiro atoms. The Labute approximate surface area is 155 Å². The van der Waals surface area contributed by atoms with Crippen LogP contribution < -0.4 is 19.5 Å². The molecule has 0 aliphatic rings. The largest absolute Gasteiger partial charge is 0.496 e. The van der Waals surface area contributed by atoms with E-state index in [9.17, 15) is 4.79 Å². The highest BCUT2D eigenvalue weighted by molar-refractivity contribution is 5.94. The summed E-state index contributed by atoms with van der Waals surface area (Å²) in [7, 11) is 4.79. The molecule has 5 nitrogen and oxygen atoms in total. The number of hydrogen-bond donors (Lipinski definition) is 1. The van der Waals surface area contributed by atoms with Crippen molar-refractivity contribution in [2.75, 3.05) is 21.3 Å². The molecule has 1 atom stereocenters. The van der Waals surface area contributed by atoms with E-state index >= 15 is 0 Å². The zero-order chi connectivity index (χ0) is 19.1. The smallest absolute Gasteiger partial charge is 0.251 e. The lowest BCUT2D eigenvalue weighted by atomic mass is 9.94. The van der Waals surface area contributed by atoms with Crippen molar-refractivity contribution in [3.63, 3.8) is 0 Å². The molecule has 0 heterocycles. The van der Waals surface area contributed by atoms with Crippen molar-refractivity contribution >= 4 is 5.91 Å². The zero-order valence-electron chi connectivity index (χ0n) is 16.0. The van der Waals surface area contributed by atoms with E-state index in [2.05, 4.69) is 19.2 Å². The fraction of sp³-hybridized carbons (Fsp3) is 0.381. The van der Waals surface area contributed by atoms with Gasteiger partial charge in [0.1, 0.15) is 17.2 Å². The summed E-state index contributed by atoms with van der Waals surface area (Å²) in [5.74, 6) is 2.13. The molecule has 2 rings (SSSR count). The van der Waals surface area contributed by atoms with Gasteiger partial charge in [-0.25, -0.2) is 0 Å². The Hall–Kier alpha value is -2.69. The summed E-state index contributed by atoms with van der Waals surface area (Å²) in [5, 5.41) is 3.13. The molecule has 1 amide bonds. The van der Waals surface area contributed by atoms with E-state index in [-0.39, 0.29) is 11.9 Å². The van der Waals surface area contributed by atoms with Gasteiger partial charge in [0.2, 0.25) is 0 Å². The minimum atomic E-state index is -0.251. The fourth-order valence-corrected chi connectivity index (χ4v) is 2.93. The number of carbonyl (C=O) groups excluding carboxylic acids is 1. The van der Waals surface area contributed by atoms with Gasteiger partial charge in [-0.1, -0.05) is 32.0 Å². The van der Waals surface area contributed by atoms with E-state index in [4.69, 9.17) is 14.2 Å². The molecule has 0 fully saturated rings. The lowest BCUT2D eigenvalue weighted by Crippen LogP contribution is -2.30. The molecule has 0 saturated heterocycles. The maximum Gasteiger partial charge on any atom is 0.251 e. The maximum absolute atomic E-state index is 12.7. The Balaban J connectivity index is 2.44. The van der Waals surface area contributed by atoms with Crippen LogP contribution in [-0.2, 0) is 0 Å². The maximum atomic E-state index is 12.7. The fourth-order valence-electron chi connectivity index (χ4n) is 2.93. The van der Waals surface area contributed by atoms with Gasteiger partial charge in [-0.2, -0.15) is 0 Å². The molecule has 0 aromatic heterocycles. The zero-order valence-corrected chi connectivity index (χ0v) is 16.0. The highest BCUT2D eigenvalue weighted by Gasteiger charge is 2.25. The molecule has 140 valence electrons. The van der Waals surface area contributed by atoms with Gasteiger partial charge in [-0.15, -0.1) is 0 Å². The van der Waals surface area contributed by atoms with Crippen molar-refractivity contribution in [3.8, 4) is 17.2 Å². The molecule has 5 heteroatoms. The Bertz CT molecular complexity index is 703. The van der Waals surface area contributed by atoms with Gasteiger partial charge in [-0.3, -0.25) is 4.79 Å². The first kappa shape index (κ1) is 19.6. The third-order valence-corrected chi connectivity index (χ3v) is 4.15. The van der Waals surface area contributed by atoms with Crippen molar-refractivity contribution in [1.82, 2.24) is 5.32 Å². The summed E-state index contributed by atoms with van der Waals surface area (Å²) in [4.78, 5) is 12.7. The molecule has 0 radical (unpaired) electrons. The quantitative estimate of drug-likeness (QED) is 0.768. The molecule has 1 N–H and O–H groups in total. The van der Waals surface area contributed by atoms with Crippen LogP contribution in [0.5, 0.6) is 17.2 Å². The van der Waals surface area contributed by atoms with E-state index < -0.39 is 0 Å². The van der Waals surface area contributed by atoms with E-state index in [0.29, 0.717) is 28.7 Å². The van der Waals surface area contributed by atoms with Crippen LogP contribution in [0.1, 0.15) is 42.2 Å². The summed E-state index contributed by atoms with van der Waals surface area (Å²) >= 11 is 0. The molecule has 26 heavy (non-hydrogen) atoms. The van der Waals surface area contributed by atoms with Gasteiger partial charge >= 0.3 is 0 Å². The van der Waals surface area contributed by atoms with Gasteiger partial charge in [0.25, 0.3) is 5.91 Å². The van der Waals surface area contributed by atoms with Crippen LogP contribution in [0.15, 0.2) is 42.5 Å². The van der Waals surface area contributed by atoms with Crippen molar-refractivity contribution in [1.29, 1.82) is 0 Å². The Morgan fingerprint density at radius 2 is 1.54 bits per heavy atom. The second kappa shape index (κ2) is 9.13. The summed E-state index contributed by atoms with van der Waals surface area (Å²) in [5.41, 5.74) is 1.43. The molecule has 0 saturated carbocycles. The topological polar surface area (TPSA) is 56.8 Å². The molecule has 2 aromatic rings. The lowest BCUT2D eigenvalue weighted by molar-refractivity contribution is 0.0931. The molecule has 0 aliphatic heterocycles.